The second kappa shape index (κ2) is 8.25. The second-order valence-electron chi connectivity index (χ2n) is 5.46. The first kappa shape index (κ1) is 15.3. The molecule has 1 aliphatic carbocycles. The first-order chi connectivity index (χ1) is 9.78. The van der Waals surface area contributed by atoms with E-state index >= 15 is 0 Å². The van der Waals surface area contributed by atoms with Crippen LogP contribution in [-0.2, 0) is 6.42 Å². The summed E-state index contributed by atoms with van der Waals surface area (Å²) in [5.74, 6) is 0.951. The zero-order valence-corrected chi connectivity index (χ0v) is 13.4. The van der Waals surface area contributed by atoms with Gasteiger partial charge < -0.3 is 10.6 Å². The molecule has 1 aromatic rings. The highest BCUT2D eigenvalue weighted by molar-refractivity contribution is 7.09. The van der Waals surface area contributed by atoms with Crippen LogP contribution in [-0.4, -0.2) is 30.6 Å². The zero-order valence-electron chi connectivity index (χ0n) is 12.6. The Morgan fingerprint density at radius 3 is 2.85 bits per heavy atom. The van der Waals surface area contributed by atoms with Gasteiger partial charge in [-0.3, -0.25) is 4.99 Å². The van der Waals surface area contributed by atoms with Crippen molar-refractivity contribution in [3.8, 4) is 0 Å². The first-order valence-corrected chi connectivity index (χ1v) is 8.54. The predicted molar refractivity (Wildman–Crippen MR) is 86.5 cm³/mol. The van der Waals surface area contributed by atoms with Gasteiger partial charge in [0.05, 0.1) is 5.01 Å². The van der Waals surface area contributed by atoms with E-state index in [0.29, 0.717) is 6.04 Å². The molecular weight excluding hydrogens is 268 g/mol. The quantitative estimate of drug-likeness (QED) is 0.499. The lowest BCUT2D eigenvalue weighted by Gasteiger charge is -2.24. The van der Waals surface area contributed by atoms with Gasteiger partial charge in [-0.25, -0.2) is 4.98 Å². The molecule has 112 valence electrons. The van der Waals surface area contributed by atoms with Crippen LogP contribution in [0.15, 0.2) is 10.4 Å². The fraction of sp³-hybridized carbons (Fsp3) is 0.733. The lowest BCUT2D eigenvalue weighted by atomic mass is 9.96. The van der Waals surface area contributed by atoms with E-state index in [2.05, 4.69) is 26.0 Å². The fourth-order valence-electron chi connectivity index (χ4n) is 2.60. The number of hydrogen-bond donors (Lipinski definition) is 2. The van der Waals surface area contributed by atoms with Crippen molar-refractivity contribution >= 4 is 17.3 Å². The summed E-state index contributed by atoms with van der Waals surface area (Å²) in [6.07, 6.45) is 8.77. The van der Waals surface area contributed by atoms with E-state index in [4.69, 9.17) is 0 Å². The maximum absolute atomic E-state index is 4.49. The van der Waals surface area contributed by atoms with E-state index in [1.165, 1.54) is 37.1 Å². The molecule has 2 N–H and O–H groups in total. The van der Waals surface area contributed by atoms with Gasteiger partial charge in [0.1, 0.15) is 0 Å². The molecule has 0 aliphatic heterocycles. The van der Waals surface area contributed by atoms with E-state index in [0.717, 1.165) is 31.0 Å². The molecule has 0 atom stereocenters. The number of rotatable bonds is 5. The molecule has 1 aliphatic rings. The van der Waals surface area contributed by atoms with Crippen molar-refractivity contribution in [1.29, 1.82) is 0 Å². The molecule has 0 bridgehead atoms. The largest absolute Gasteiger partial charge is 0.356 e. The van der Waals surface area contributed by atoms with Crippen LogP contribution in [0.4, 0.5) is 0 Å². The number of thiazole rings is 1. The molecule has 1 fully saturated rings. The molecule has 4 nitrogen and oxygen atoms in total. The van der Waals surface area contributed by atoms with Gasteiger partial charge in [0.2, 0.25) is 0 Å². The molecule has 1 saturated carbocycles. The molecule has 0 saturated heterocycles. The third-order valence-electron chi connectivity index (χ3n) is 3.70. The monoisotopic (exact) mass is 294 g/mol. The number of aliphatic imine (C=N–C) groups is 1. The van der Waals surface area contributed by atoms with Gasteiger partial charge in [-0.2, -0.15) is 0 Å². The third-order valence-corrected chi connectivity index (χ3v) is 4.72. The Balaban J connectivity index is 1.63. The molecule has 0 spiro atoms. The minimum Gasteiger partial charge on any atom is -0.356 e. The maximum atomic E-state index is 4.49. The summed E-state index contributed by atoms with van der Waals surface area (Å²) in [5, 5.41) is 10.3. The van der Waals surface area contributed by atoms with Crippen LogP contribution in [0.25, 0.3) is 0 Å². The van der Waals surface area contributed by atoms with Crippen LogP contribution in [0.1, 0.15) is 49.2 Å². The molecule has 5 heteroatoms. The Bertz CT molecular complexity index is 421. The summed E-state index contributed by atoms with van der Waals surface area (Å²) in [7, 11) is 1.85. The van der Waals surface area contributed by atoms with Crippen LogP contribution < -0.4 is 10.6 Å². The number of nitrogens with zero attached hydrogens (tertiary/aromatic N) is 2. The fourth-order valence-corrected chi connectivity index (χ4v) is 3.42. The lowest BCUT2D eigenvalue weighted by molar-refractivity contribution is 0.410. The highest BCUT2D eigenvalue weighted by Crippen LogP contribution is 2.17. The minimum absolute atomic E-state index is 0.608. The Labute approximate surface area is 126 Å². The molecule has 1 aromatic heterocycles. The smallest absolute Gasteiger partial charge is 0.191 e. The zero-order chi connectivity index (χ0) is 14.2. The standard InChI is InChI=1S/C15H26N4S/c1-12-11-20-14(18-12)9-6-10-17-15(16-2)19-13-7-4-3-5-8-13/h11,13H,3-10H2,1-2H3,(H2,16,17,19). The van der Waals surface area contributed by atoms with Crippen molar-refractivity contribution < 1.29 is 0 Å². The van der Waals surface area contributed by atoms with Gasteiger partial charge in [0, 0.05) is 37.1 Å². The highest BCUT2D eigenvalue weighted by Gasteiger charge is 2.14. The van der Waals surface area contributed by atoms with Gasteiger partial charge in [-0.05, 0) is 26.2 Å². The molecule has 0 amide bonds. The van der Waals surface area contributed by atoms with Gasteiger partial charge in [-0.1, -0.05) is 19.3 Å². The van der Waals surface area contributed by atoms with Crippen molar-refractivity contribution in [3.63, 3.8) is 0 Å². The van der Waals surface area contributed by atoms with Crippen LogP contribution in [0.5, 0.6) is 0 Å². The van der Waals surface area contributed by atoms with Gasteiger partial charge in [-0.15, -0.1) is 11.3 Å². The normalized spacial score (nSPS) is 17.2. The molecule has 1 heterocycles. The Hall–Kier alpha value is -1.10. The average Bonchev–Trinajstić information content (AvgIpc) is 2.89. The number of nitrogens with one attached hydrogen (secondary N) is 2. The summed E-state index contributed by atoms with van der Waals surface area (Å²) in [6.45, 7) is 3.00. The van der Waals surface area contributed by atoms with Crippen LogP contribution >= 0.6 is 11.3 Å². The molecule has 0 radical (unpaired) electrons. The number of guanidine groups is 1. The summed E-state index contributed by atoms with van der Waals surface area (Å²) in [6, 6.07) is 0.608. The summed E-state index contributed by atoms with van der Waals surface area (Å²) in [5.41, 5.74) is 1.13. The van der Waals surface area contributed by atoms with Crippen LogP contribution in [0.2, 0.25) is 0 Å². The predicted octanol–water partition coefficient (Wildman–Crippen LogP) is 2.88. The van der Waals surface area contributed by atoms with E-state index in [1.54, 1.807) is 11.3 Å². The number of hydrogen-bond acceptors (Lipinski definition) is 3. The third kappa shape index (κ3) is 5.12. The minimum atomic E-state index is 0.608. The van der Waals surface area contributed by atoms with Crippen molar-refractivity contribution in [2.75, 3.05) is 13.6 Å². The lowest BCUT2D eigenvalue weighted by Crippen LogP contribution is -2.44. The molecule has 2 rings (SSSR count). The van der Waals surface area contributed by atoms with E-state index < -0.39 is 0 Å². The summed E-state index contributed by atoms with van der Waals surface area (Å²) in [4.78, 5) is 8.80. The topological polar surface area (TPSA) is 49.3 Å². The van der Waals surface area contributed by atoms with E-state index in [1.807, 2.05) is 14.0 Å². The SMILES string of the molecule is CN=C(NCCCc1nc(C)cs1)NC1CCCCC1. The Kier molecular flexibility index (Phi) is 6.30. The summed E-state index contributed by atoms with van der Waals surface area (Å²) >= 11 is 1.76. The van der Waals surface area contributed by atoms with Crippen LogP contribution in [0, 0.1) is 6.92 Å². The van der Waals surface area contributed by atoms with Crippen molar-refractivity contribution in [1.82, 2.24) is 15.6 Å². The highest BCUT2D eigenvalue weighted by atomic mass is 32.1. The molecule has 20 heavy (non-hydrogen) atoms. The second-order valence-corrected chi connectivity index (χ2v) is 6.41. The van der Waals surface area contributed by atoms with Crippen LogP contribution in [0.3, 0.4) is 0 Å². The number of aryl methyl sites for hydroxylation is 2. The Morgan fingerprint density at radius 2 is 2.20 bits per heavy atom. The van der Waals surface area contributed by atoms with Crippen molar-refractivity contribution in [3.05, 3.63) is 16.1 Å². The average molecular weight is 294 g/mol. The molecule has 0 aromatic carbocycles. The summed E-state index contributed by atoms with van der Waals surface area (Å²) < 4.78 is 0. The Morgan fingerprint density at radius 1 is 1.40 bits per heavy atom. The number of aromatic nitrogens is 1. The molecular formula is C15H26N4S. The van der Waals surface area contributed by atoms with Gasteiger partial charge >= 0.3 is 0 Å². The van der Waals surface area contributed by atoms with E-state index in [9.17, 15) is 0 Å². The molecule has 0 unspecified atom stereocenters. The van der Waals surface area contributed by atoms with E-state index in [-0.39, 0.29) is 0 Å². The van der Waals surface area contributed by atoms with Crippen molar-refractivity contribution in [2.45, 2.75) is 57.9 Å². The van der Waals surface area contributed by atoms with Crippen molar-refractivity contribution in [2.24, 2.45) is 4.99 Å². The van der Waals surface area contributed by atoms with Gasteiger partial charge in [0.25, 0.3) is 0 Å². The maximum Gasteiger partial charge on any atom is 0.191 e. The first-order valence-electron chi connectivity index (χ1n) is 7.66. The van der Waals surface area contributed by atoms with Gasteiger partial charge in [0.15, 0.2) is 5.96 Å².